The fourth-order valence-corrected chi connectivity index (χ4v) is 1.60. The molecule has 0 aliphatic carbocycles. The minimum absolute atomic E-state index is 0.00503. The van der Waals surface area contributed by atoms with Gasteiger partial charge in [-0.2, -0.15) is 0 Å². The van der Waals surface area contributed by atoms with Crippen LogP contribution < -0.4 is 15.2 Å². The van der Waals surface area contributed by atoms with Gasteiger partial charge in [0.2, 0.25) is 0 Å². The van der Waals surface area contributed by atoms with Crippen molar-refractivity contribution in [1.82, 2.24) is 0 Å². The first-order valence-electron chi connectivity index (χ1n) is 6.57. The summed E-state index contributed by atoms with van der Waals surface area (Å²) < 4.78 is 21.0. The SMILES string of the molecule is COCCCOCCOc1cc(OC)cc(/C(N)=N/O)c1. The molecule has 0 heterocycles. The molecule has 0 aliphatic heterocycles. The maximum atomic E-state index is 8.71. The van der Waals surface area contributed by atoms with Gasteiger partial charge in [0.25, 0.3) is 0 Å². The lowest BCUT2D eigenvalue weighted by Gasteiger charge is -2.10. The maximum Gasteiger partial charge on any atom is 0.170 e. The highest BCUT2D eigenvalue weighted by Gasteiger charge is 2.06. The number of rotatable bonds is 10. The van der Waals surface area contributed by atoms with Gasteiger partial charge in [-0.3, -0.25) is 0 Å². The molecular weight excluding hydrogens is 276 g/mol. The van der Waals surface area contributed by atoms with Crippen LogP contribution in [0.5, 0.6) is 11.5 Å². The summed E-state index contributed by atoms with van der Waals surface area (Å²) in [6.07, 6.45) is 0.851. The number of amidine groups is 1. The standard InChI is InChI=1S/C14H22N2O5/c1-18-4-3-5-20-6-7-21-13-9-11(14(15)16-17)8-12(10-13)19-2/h8-10,17H,3-7H2,1-2H3,(H2,15,16). The van der Waals surface area contributed by atoms with E-state index in [0.29, 0.717) is 43.5 Å². The highest BCUT2D eigenvalue weighted by Crippen LogP contribution is 2.22. The molecular formula is C14H22N2O5. The average molecular weight is 298 g/mol. The zero-order chi connectivity index (χ0) is 15.5. The van der Waals surface area contributed by atoms with Gasteiger partial charge in [-0.1, -0.05) is 5.16 Å². The lowest BCUT2D eigenvalue weighted by molar-refractivity contribution is 0.0806. The summed E-state index contributed by atoms with van der Waals surface area (Å²) in [4.78, 5) is 0. The van der Waals surface area contributed by atoms with Gasteiger partial charge in [0.05, 0.1) is 13.7 Å². The Bertz CT molecular complexity index is 451. The molecule has 0 aromatic heterocycles. The second kappa shape index (κ2) is 9.84. The summed E-state index contributed by atoms with van der Waals surface area (Å²) in [6.45, 7) is 2.18. The smallest absolute Gasteiger partial charge is 0.170 e. The van der Waals surface area contributed by atoms with Gasteiger partial charge in [0, 0.05) is 32.0 Å². The first-order chi connectivity index (χ1) is 10.2. The lowest BCUT2D eigenvalue weighted by atomic mass is 10.2. The molecule has 7 nitrogen and oxygen atoms in total. The third-order valence-electron chi connectivity index (χ3n) is 2.65. The summed E-state index contributed by atoms with van der Waals surface area (Å²) in [5.41, 5.74) is 6.08. The first kappa shape index (κ1) is 17.1. The molecule has 0 radical (unpaired) electrons. The first-order valence-corrected chi connectivity index (χ1v) is 6.57. The molecule has 7 heteroatoms. The molecule has 0 unspecified atom stereocenters. The van der Waals surface area contributed by atoms with Crippen molar-refractivity contribution in [3.05, 3.63) is 23.8 Å². The third kappa shape index (κ3) is 6.33. The van der Waals surface area contributed by atoms with Crippen LogP contribution >= 0.6 is 0 Å². The van der Waals surface area contributed by atoms with Crippen LogP contribution in [0.15, 0.2) is 23.4 Å². The lowest BCUT2D eigenvalue weighted by Crippen LogP contribution is -2.14. The second-order valence-corrected chi connectivity index (χ2v) is 4.19. The molecule has 0 atom stereocenters. The second-order valence-electron chi connectivity index (χ2n) is 4.19. The minimum atomic E-state index is -0.00503. The maximum absolute atomic E-state index is 8.71. The fourth-order valence-electron chi connectivity index (χ4n) is 1.60. The number of oxime groups is 1. The van der Waals surface area contributed by atoms with Crippen LogP contribution in [0.2, 0.25) is 0 Å². The van der Waals surface area contributed by atoms with E-state index in [1.165, 1.54) is 7.11 Å². The summed E-state index contributed by atoms with van der Waals surface area (Å²) in [5, 5.41) is 11.7. The van der Waals surface area contributed by atoms with E-state index in [0.717, 1.165) is 6.42 Å². The largest absolute Gasteiger partial charge is 0.497 e. The minimum Gasteiger partial charge on any atom is -0.497 e. The molecule has 1 aromatic carbocycles. The van der Waals surface area contributed by atoms with Crippen molar-refractivity contribution >= 4 is 5.84 Å². The van der Waals surface area contributed by atoms with Crippen LogP contribution in [0, 0.1) is 0 Å². The monoisotopic (exact) mass is 298 g/mol. The summed E-state index contributed by atoms with van der Waals surface area (Å²) in [5.74, 6) is 1.13. The summed E-state index contributed by atoms with van der Waals surface area (Å²) in [6, 6.07) is 5.05. The molecule has 1 rings (SSSR count). The highest BCUT2D eigenvalue weighted by atomic mass is 16.5. The molecule has 0 saturated carbocycles. The van der Waals surface area contributed by atoms with E-state index in [2.05, 4.69) is 5.16 Å². The molecule has 0 bridgehead atoms. The molecule has 21 heavy (non-hydrogen) atoms. The van der Waals surface area contributed by atoms with Crippen LogP contribution in [0.25, 0.3) is 0 Å². The summed E-state index contributed by atoms with van der Waals surface area (Å²) >= 11 is 0. The fraction of sp³-hybridized carbons (Fsp3) is 0.500. The van der Waals surface area contributed by atoms with E-state index in [1.807, 2.05) is 0 Å². The molecule has 0 saturated heterocycles. The molecule has 0 amide bonds. The van der Waals surface area contributed by atoms with Gasteiger partial charge in [-0.25, -0.2) is 0 Å². The number of hydrogen-bond acceptors (Lipinski definition) is 6. The van der Waals surface area contributed by atoms with Gasteiger partial charge in [0.15, 0.2) is 5.84 Å². The molecule has 3 N–H and O–H groups in total. The highest BCUT2D eigenvalue weighted by molar-refractivity contribution is 5.97. The van der Waals surface area contributed by atoms with Crippen LogP contribution in [-0.4, -0.2) is 51.7 Å². The summed E-state index contributed by atoms with van der Waals surface area (Å²) in [7, 11) is 3.19. The quantitative estimate of drug-likeness (QED) is 0.222. The van der Waals surface area contributed by atoms with E-state index >= 15 is 0 Å². The topological polar surface area (TPSA) is 95.5 Å². The van der Waals surface area contributed by atoms with Gasteiger partial charge in [-0.05, 0) is 18.6 Å². The molecule has 0 spiro atoms. The number of hydrogen-bond donors (Lipinski definition) is 2. The van der Waals surface area contributed by atoms with Crippen molar-refractivity contribution in [2.75, 3.05) is 40.6 Å². The number of nitrogens with two attached hydrogens (primary N) is 1. The Morgan fingerprint density at radius 2 is 1.86 bits per heavy atom. The third-order valence-corrected chi connectivity index (χ3v) is 2.65. The van der Waals surface area contributed by atoms with E-state index in [1.54, 1.807) is 25.3 Å². The van der Waals surface area contributed by atoms with Crippen molar-refractivity contribution in [3.63, 3.8) is 0 Å². The van der Waals surface area contributed by atoms with Crippen LogP contribution in [-0.2, 0) is 9.47 Å². The van der Waals surface area contributed by atoms with Crippen LogP contribution in [0.1, 0.15) is 12.0 Å². The average Bonchev–Trinajstić information content (AvgIpc) is 2.52. The van der Waals surface area contributed by atoms with E-state index < -0.39 is 0 Å². The molecule has 0 fully saturated rings. The van der Waals surface area contributed by atoms with Crippen molar-refractivity contribution < 1.29 is 24.2 Å². The van der Waals surface area contributed by atoms with E-state index in [4.69, 9.17) is 29.9 Å². The van der Waals surface area contributed by atoms with Crippen molar-refractivity contribution in [3.8, 4) is 11.5 Å². The van der Waals surface area contributed by atoms with E-state index in [9.17, 15) is 0 Å². The Balaban J connectivity index is 2.47. The number of nitrogens with zero attached hydrogens (tertiary/aromatic N) is 1. The van der Waals surface area contributed by atoms with Gasteiger partial charge >= 0.3 is 0 Å². The predicted molar refractivity (Wildman–Crippen MR) is 78.3 cm³/mol. The molecule has 1 aromatic rings. The Kier molecular flexibility index (Phi) is 8.00. The van der Waals surface area contributed by atoms with E-state index in [-0.39, 0.29) is 5.84 Å². The Labute approximate surface area is 124 Å². The Morgan fingerprint density at radius 1 is 1.10 bits per heavy atom. The predicted octanol–water partition coefficient (Wildman–Crippen LogP) is 1.22. The van der Waals surface area contributed by atoms with Crippen molar-refractivity contribution in [2.24, 2.45) is 10.9 Å². The number of methoxy groups -OCH3 is 2. The van der Waals surface area contributed by atoms with Gasteiger partial charge in [-0.15, -0.1) is 0 Å². The molecule has 0 aliphatic rings. The van der Waals surface area contributed by atoms with Crippen LogP contribution in [0.3, 0.4) is 0 Å². The normalized spacial score (nSPS) is 11.4. The Morgan fingerprint density at radius 3 is 2.52 bits per heavy atom. The van der Waals surface area contributed by atoms with Crippen LogP contribution in [0.4, 0.5) is 0 Å². The number of ether oxygens (including phenoxy) is 4. The zero-order valence-electron chi connectivity index (χ0n) is 12.4. The van der Waals surface area contributed by atoms with Gasteiger partial charge < -0.3 is 29.9 Å². The van der Waals surface area contributed by atoms with Gasteiger partial charge in [0.1, 0.15) is 18.1 Å². The van der Waals surface area contributed by atoms with Crippen molar-refractivity contribution in [2.45, 2.75) is 6.42 Å². The van der Waals surface area contributed by atoms with Crippen molar-refractivity contribution in [1.29, 1.82) is 0 Å². The molecule has 118 valence electrons. The zero-order valence-corrected chi connectivity index (χ0v) is 12.4. The Hall–Kier alpha value is -1.99. The number of benzene rings is 1.